The van der Waals surface area contributed by atoms with Crippen molar-refractivity contribution in [3.8, 4) is 0 Å². The van der Waals surface area contributed by atoms with E-state index in [2.05, 4.69) is 179 Å². The largest absolute Gasteiger partial charge is 0.462 e. The molecule has 0 aromatic heterocycles. The highest BCUT2D eigenvalue weighted by Crippen LogP contribution is 2.15. The quantitative estimate of drug-likeness (QED) is 0.0261. The fourth-order valence-electron chi connectivity index (χ4n) is 8.33. The number of ether oxygens (including phenoxy) is 3. The van der Waals surface area contributed by atoms with E-state index in [0.717, 1.165) is 173 Å². The van der Waals surface area contributed by atoms with Gasteiger partial charge in [-0.1, -0.05) is 262 Å². The molecule has 0 saturated heterocycles. The van der Waals surface area contributed by atoms with Crippen LogP contribution >= 0.6 is 0 Å². The fourth-order valence-corrected chi connectivity index (χ4v) is 8.33. The summed E-state index contributed by atoms with van der Waals surface area (Å²) in [5, 5.41) is 0. The van der Waals surface area contributed by atoms with Gasteiger partial charge >= 0.3 is 17.9 Å². The highest BCUT2D eigenvalue weighted by molar-refractivity contribution is 5.71. The fraction of sp³-hybridized carbons (Fsp3) is 0.603. The Kier molecular flexibility index (Phi) is 61.4. The predicted octanol–water partition coefficient (Wildman–Crippen LogP) is 22.1. The van der Waals surface area contributed by atoms with Crippen LogP contribution in [0.1, 0.15) is 265 Å². The first-order valence-electron chi connectivity index (χ1n) is 32.0. The molecule has 0 rings (SSSR count). The summed E-state index contributed by atoms with van der Waals surface area (Å²) in [4.78, 5) is 38.4. The topological polar surface area (TPSA) is 78.9 Å². The summed E-state index contributed by atoms with van der Waals surface area (Å²) in [5.41, 5.74) is 0. The molecule has 0 aliphatic heterocycles. The Morgan fingerprint density at radius 1 is 0.253 bits per heavy atom. The Morgan fingerprint density at radius 2 is 0.456 bits per heavy atom. The number of unbranched alkanes of at least 4 members (excludes halogenated alkanes) is 19. The summed E-state index contributed by atoms with van der Waals surface area (Å²) in [6.45, 7) is 6.26. The molecule has 79 heavy (non-hydrogen) atoms. The molecule has 0 amide bonds. The van der Waals surface area contributed by atoms with E-state index in [1.54, 1.807) is 0 Å². The molecular formula is C73H116O6. The van der Waals surface area contributed by atoms with Crippen molar-refractivity contribution >= 4 is 17.9 Å². The summed E-state index contributed by atoms with van der Waals surface area (Å²) in [7, 11) is 0. The summed E-state index contributed by atoms with van der Waals surface area (Å²) in [6.07, 6.45) is 95.2. The van der Waals surface area contributed by atoms with Crippen molar-refractivity contribution in [3.63, 3.8) is 0 Å². The molecular weight excluding hydrogens is 973 g/mol. The van der Waals surface area contributed by atoms with Gasteiger partial charge in [-0.3, -0.25) is 14.4 Å². The molecule has 0 heterocycles. The van der Waals surface area contributed by atoms with Crippen LogP contribution in [-0.4, -0.2) is 37.2 Å². The van der Waals surface area contributed by atoms with Crippen LogP contribution in [0.5, 0.6) is 0 Å². The monoisotopic (exact) mass is 1090 g/mol. The average molecular weight is 1090 g/mol. The molecule has 0 bridgehead atoms. The molecule has 0 N–H and O–H groups in total. The van der Waals surface area contributed by atoms with E-state index in [-0.39, 0.29) is 31.1 Å². The van der Waals surface area contributed by atoms with E-state index < -0.39 is 6.10 Å². The van der Waals surface area contributed by atoms with Crippen LogP contribution in [0, 0.1) is 0 Å². The molecule has 0 saturated carbocycles. The van der Waals surface area contributed by atoms with E-state index in [1.165, 1.54) is 51.4 Å². The van der Waals surface area contributed by atoms with Crippen LogP contribution in [0.4, 0.5) is 0 Å². The smallest absolute Gasteiger partial charge is 0.306 e. The molecule has 0 radical (unpaired) electrons. The predicted molar refractivity (Wildman–Crippen MR) is 343 cm³/mol. The van der Waals surface area contributed by atoms with Crippen LogP contribution in [0.2, 0.25) is 0 Å². The highest BCUT2D eigenvalue weighted by Gasteiger charge is 2.19. The zero-order valence-corrected chi connectivity index (χ0v) is 50.8. The maximum atomic E-state index is 12.9. The number of allylic oxidation sites excluding steroid dienone is 26. The van der Waals surface area contributed by atoms with E-state index >= 15 is 0 Å². The van der Waals surface area contributed by atoms with Crippen LogP contribution in [0.3, 0.4) is 0 Å². The van der Waals surface area contributed by atoms with Gasteiger partial charge in [0.2, 0.25) is 0 Å². The van der Waals surface area contributed by atoms with Gasteiger partial charge in [0, 0.05) is 19.3 Å². The van der Waals surface area contributed by atoms with Crippen molar-refractivity contribution in [2.45, 2.75) is 271 Å². The minimum absolute atomic E-state index is 0.103. The van der Waals surface area contributed by atoms with Gasteiger partial charge in [0.15, 0.2) is 6.10 Å². The van der Waals surface area contributed by atoms with Crippen LogP contribution in [0.15, 0.2) is 158 Å². The van der Waals surface area contributed by atoms with Crippen molar-refractivity contribution in [2.75, 3.05) is 13.2 Å². The van der Waals surface area contributed by atoms with E-state index in [4.69, 9.17) is 14.2 Å². The number of hydrogen-bond donors (Lipinski definition) is 0. The number of carbonyl (C=O) groups is 3. The second-order valence-corrected chi connectivity index (χ2v) is 20.5. The standard InChI is InChI=1S/C73H116O6/c1-4-7-10-13-16-19-22-25-28-31-33-35-36-38-39-42-45-48-51-54-57-60-63-66-72(75)78-69-70(68-77-71(74)65-62-59-56-53-50-47-44-41-30-27-24-21-18-15-12-9-6-3)79-73(76)67-64-61-58-55-52-49-46-43-40-37-34-32-29-26-23-20-17-14-11-8-5-2/h7-12,16-21,25-30,33-35,37,43-44,46-47,70H,4-6,13-15,22-24,31-32,36,38-42,45,48-69H2,1-3H3/b10-7-,11-8-,12-9-,19-16-,20-17-,21-18-,28-25-,29-26-,30-27-,35-33-,37-34-,46-43-,47-44-. The third kappa shape index (κ3) is 63.7. The van der Waals surface area contributed by atoms with E-state index in [1.807, 2.05) is 0 Å². The van der Waals surface area contributed by atoms with Crippen molar-refractivity contribution in [2.24, 2.45) is 0 Å². The molecule has 0 aliphatic carbocycles. The minimum atomic E-state index is -0.810. The highest BCUT2D eigenvalue weighted by atomic mass is 16.6. The molecule has 0 fully saturated rings. The van der Waals surface area contributed by atoms with Crippen molar-refractivity contribution in [3.05, 3.63) is 158 Å². The molecule has 0 aromatic carbocycles. The van der Waals surface area contributed by atoms with Gasteiger partial charge in [0.05, 0.1) is 0 Å². The van der Waals surface area contributed by atoms with Crippen molar-refractivity contribution in [1.29, 1.82) is 0 Å². The summed E-state index contributed by atoms with van der Waals surface area (Å²) >= 11 is 0. The van der Waals surface area contributed by atoms with Gasteiger partial charge in [-0.15, -0.1) is 0 Å². The Bertz CT molecular complexity index is 1780. The number of hydrogen-bond acceptors (Lipinski definition) is 6. The van der Waals surface area contributed by atoms with Crippen LogP contribution in [-0.2, 0) is 28.6 Å². The third-order valence-electron chi connectivity index (χ3n) is 13.0. The first-order chi connectivity index (χ1) is 39.0. The lowest BCUT2D eigenvalue weighted by Crippen LogP contribution is -2.30. The molecule has 0 spiro atoms. The lowest BCUT2D eigenvalue weighted by atomic mass is 10.1. The van der Waals surface area contributed by atoms with E-state index in [9.17, 15) is 14.4 Å². The van der Waals surface area contributed by atoms with Crippen molar-refractivity contribution in [1.82, 2.24) is 0 Å². The zero-order chi connectivity index (χ0) is 57.1. The SMILES string of the molecule is CC/C=C\C/C=C\C/C=C\C/C=C\C/C=C\CCCCCCCC(=O)OC(COC(=O)CCCCCC/C=C\C/C=C\C/C=C\C/C=C\CC)COC(=O)CCCCCCCCCCCC/C=C\C/C=C\C/C=C\C/C=C\CC. The first kappa shape index (κ1) is 74.0. The van der Waals surface area contributed by atoms with Crippen LogP contribution < -0.4 is 0 Å². The molecule has 0 aliphatic rings. The summed E-state index contributed by atoms with van der Waals surface area (Å²) < 4.78 is 16.9. The number of rotatable bonds is 56. The maximum Gasteiger partial charge on any atom is 0.306 e. The van der Waals surface area contributed by atoms with Crippen molar-refractivity contribution < 1.29 is 28.6 Å². The Balaban J connectivity index is 4.48. The third-order valence-corrected chi connectivity index (χ3v) is 13.0. The van der Waals surface area contributed by atoms with Gasteiger partial charge in [-0.2, -0.15) is 0 Å². The maximum absolute atomic E-state index is 12.9. The van der Waals surface area contributed by atoms with E-state index in [0.29, 0.717) is 19.3 Å². The summed E-state index contributed by atoms with van der Waals surface area (Å²) in [6, 6.07) is 0. The molecule has 6 heteroatoms. The normalized spacial score (nSPS) is 13.2. The minimum Gasteiger partial charge on any atom is -0.462 e. The Morgan fingerprint density at radius 3 is 0.709 bits per heavy atom. The second-order valence-electron chi connectivity index (χ2n) is 20.5. The Labute approximate surface area is 486 Å². The molecule has 6 nitrogen and oxygen atoms in total. The zero-order valence-electron chi connectivity index (χ0n) is 50.8. The van der Waals surface area contributed by atoms with Gasteiger partial charge in [0.25, 0.3) is 0 Å². The number of esters is 3. The van der Waals surface area contributed by atoms with Gasteiger partial charge in [0.1, 0.15) is 13.2 Å². The number of carbonyl (C=O) groups excluding carboxylic acids is 3. The Hall–Kier alpha value is -4.97. The summed E-state index contributed by atoms with van der Waals surface area (Å²) in [5.74, 6) is -0.952. The molecule has 1 atom stereocenters. The average Bonchev–Trinajstić information content (AvgIpc) is 3.45. The van der Waals surface area contributed by atoms with Gasteiger partial charge in [-0.25, -0.2) is 0 Å². The van der Waals surface area contributed by atoms with Gasteiger partial charge < -0.3 is 14.2 Å². The lowest BCUT2D eigenvalue weighted by molar-refractivity contribution is -0.167. The molecule has 444 valence electrons. The molecule has 1 unspecified atom stereocenters. The lowest BCUT2D eigenvalue weighted by Gasteiger charge is -2.18. The first-order valence-corrected chi connectivity index (χ1v) is 32.0. The second kappa shape index (κ2) is 65.5. The van der Waals surface area contributed by atoms with Crippen LogP contribution in [0.25, 0.3) is 0 Å². The molecule has 0 aromatic rings. The van der Waals surface area contributed by atoms with Gasteiger partial charge in [-0.05, 0) is 141 Å².